The molecule has 0 fully saturated rings. The van der Waals surface area contributed by atoms with E-state index in [2.05, 4.69) is 20.8 Å². The van der Waals surface area contributed by atoms with Crippen LogP contribution < -0.4 is 5.56 Å². The van der Waals surface area contributed by atoms with Gasteiger partial charge < -0.3 is 0 Å². The zero-order chi connectivity index (χ0) is 22.7. The van der Waals surface area contributed by atoms with Crippen LogP contribution in [0.5, 0.6) is 0 Å². The maximum Gasteiger partial charge on any atom is 0.262 e. The Kier molecular flexibility index (Phi) is 6.28. The van der Waals surface area contributed by atoms with Crippen molar-refractivity contribution in [3.05, 3.63) is 106 Å². The lowest BCUT2D eigenvalue weighted by Crippen LogP contribution is -2.24. The molecule has 5 heteroatoms. The molecule has 4 aromatic rings. The number of benzene rings is 3. The first-order chi connectivity index (χ1) is 15.3. The highest BCUT2D eigenvalue weighted by Crippen LogP contribution is 2.24. The molecule has 1 aromatic heterocycles. The van der Waals surface area contributed by atoms with Gasteiger partial charge in [-0.25, -0.2) is 4.98 Å². The standard InChI is InChI=1S/C27H26N2O2S/c1-27(2,3)21-15-13-20(14-16-21)24(30)18-32-26-28-23-12-8-7-11-22(23)25(31)29(26)17-19-9-5-4-6-10-19/h4-16H,17-18H2,1-3H3. The zero-order valence-electron chi connectivity index (χ0n) is 18.5. The molecule has 4 rings (SSSR count). The molecule has 0 atom stereocenters. The largest absolute Gasteiger partial charge is 0.293 e. The molecule has 1 heterocycles. The van der Waals surface area contributed by atoms with E-state index >= 15 is 0 Å². The van der Waals surface area contributed by atoms with Crippen molar-refractivity contribution >= 4 is 28.4 Å². The Morgan fingerprint density at radius 1 is 0.906 bits per heavy atom. The minimum atomic E-state index is -0.0936. The topological polar surface area (TPSA) is 52.0 Å². The normalized spacial score (nSPS) is 11.6. The lowest BCUT2D eigenvalue weighted by molar-refractivity contribution is 0.102. The van der Waals surface area contributed by atoms with Crippen molar-refractivity contribution in [2.24, 2.45) is 0 Å². The smallest absolute Gasteiger partial charge is 0.262 e. The van der Waals surface area contributed by atoms with E-state index in [1.165, 1.54) is 17.3 Å². The first-order valence-electron chi connectivity index (χ1n) is 10.6. The first-order valence-corrected chi connectivity index (χ1v) is 11.6. The summed E-state index contributed by atoms with van der Waals surface area (Å²) in [7, 11) is 0. The highest BCUT2D eigenvalue weighted by atomic mass is 32.2. The molecule has 0 saturated carbocycles. The van der Waals surface area contributed by atoms with Crippen LogP contribution in [0.3, 0.4) is 0 Å². The number of carbonyl (C=O) groups excluding carboxylic acids is 1. The fourth-order valence-electron chi connectivity index (χ4n) is 3.53. The fourth-order valence-corrected chi connectivity index (χ4v) is 4.43. The Hall–Kier alpha value is -3.18. The van der Waals surface area contributed by atoms with Gasteiger partial charge in [0.25, 0.3) is 5.56 Å². The molecule has 0 aliphatic rings. The number of fused-ring (bicyclic) bond motifs is 1. The van der Waals surface area contributed by atoms with Gasteiger partial charge in [-0.1, -0.05) is 99.3 Å². The maximum absolute atomic E-state index is 13.2. The molecule has 0 spiro atoms. The summed E-state index contributed by atoms with van der Waals surface area (Å²) in [4.78, 5) is 30.8. The second-order valence-electron chi connectivity index (χ2n) is 8.83. The Bertz CT molecular complexity index is 1300. The van der Waals surface area contributed by atoms with Crippen molar-refractivity contribution in [1.29, 1.82) is 0 Å². The Morgan fingerprint density at radius 2 is 1.56 bits per heavy atom. The number of aromatic nitrogens is 2. The number of carbonyl (C=O) groups is 1. The highest BCUT2D eigenvalue weighted by Gasteiger charge is 2.16. The molecule has 0 aliphatic carbocycles. The van der Waals surface area contributed by atoms with Crippen LogP contribution in [0.2, 0.25) is 0 Å². The molecule has 0 aliphatic heterocycles. The number of ketones is 1. The summed E-state index contributed by atoms with van der Waals surface area (Å²) >= 11 is 1.31. The van der Waals surface area contributed by atoms with Crippen molar-refractivity contribution < 1.29 is 4.79 Å². The molecular formula is C27H26N2O2S. The third-order valence-corrected chi connectivity index (χ3v) is 6.39. The van der Waals surface area contributed by atoms with Crippen molar-refractivity contribution in [2.45, 2.75) is 37.9 Å². The summed E-state index contributed by atoms with van der Waals surface area (Å²) in [5.74, 6) is 0.234. The molecule has 0 unspecified atom stereocenters. The van der Waals surface area contributed by atoms with Crippen molar-refractivity contribution in [1.82, 2.24) is 9.55 Å². The average molecular weight is 443 g/mol. The molecule has 0 bridgehead atoms. The Morgan fingerprint density at radius 3 is 2.25 bits per heavy atom. The number of hydrogen-bond acceptors (Lipinski definition) is 4. The fraction of sp³-hybridized carbons (Fsp3) is 0.222. The van der Waals surface area contributed by atoms with Crippen LogP contribution in [0.25, 0.3) is 10.9 Å². The molecular weight excluding hydrogens is 416 g/mol. The van der Waals surface area contributed by atoms with E-state index in [1.807, 2.05) is 72.8 Å². The molecule has 0 amide bonds. The van der Waals surface area contributed by atoms with E-state index < -0.39 is 0 Å². The van der Waals surface area contributed by atoms with E-state index in [0.29, 0.717) is 28.2 Å². The number of rotatable bonds is 6. The van der Waals surface area contributed by atoms with Crippen LogP contribution in [0.15, 0.2) is 88.8 Å². The lowest BCUT2D eigenvalue weighted by atomic mass is 9.86. The van der Waals surface area contributed by atoms with Crippen molar-refractivity contribution in [3.8, 4) is 0 Å². The number of hydrogen-bond donors (Lipinski definition) is 0. The second-order valence-corrected chi connectivity index (χ2v) is 9.77. The minimum Gasteiger partial charge on any atom is -0.293 e. The van der Waals surface area contributed by atoms with Gasteiger partial charge in [-0.3, -0.25) is 14.2 Å². The highest BCUT2D eigenvalue weighted by molar-refractivity contribution is 7.99. The van der Waals surface area contributed by atoms with Gasteiger partial charge in [0.15, 0.2) is 10.9 Å². The lowest BCUT2D eigenvalue weighted by Gasteiger charge is -2.19. The quantitative estimate of drug-likeness (QED) is 0.218. The third-order valence-electron chi connectivity index (χ3n) is 5.42. The molecule has 0 radical (unpaired) electrons. The predicted octanol–water partition coefficient (Wildman–Crippen LogP) is 5.72. The van der Waals surface area contributed by atoms with Crippen LogP contribution in [0.4, 0.5) is 0 Å². The number of thioether (sulfide) groups is 1. The first kappa shape index (κ1) is 22.0. The summed E-state index contributed by atoms with van der Waals surface area (Å²) in [5, 5.41) is 1.13. The summed E-state index contributed by atoms with van der Waals surface area (Å²) in [6, 6.07) is 24.9. The van der Waals surface area contributed by atoms with Crippen LogP contribution in [-0.4, -0.2) is 21.1 Å². The van der Waals surface area contributed by atoms with E-state index in [1.54, 1.807) is 10.6 Å². The summed E-state index contributed by atoms with van der Waals surface area (Å²) < 4.78 is 1.66. The summed E-state index contributed by atoms with van der Waals surface area (Å²) in [5.41, 5.74) is 3.46. The van der Waals surface area contributed by atoms with Crippen molar-refractivity contribution in [2.75, 3.05) is 5.75 Å². The van der Waals surface area contributed by atoms with Gasteiger partial charge in [0.2, 0.25) is 0 Å². The SMILES string of the molecule is CC(C)(C)c1ccc(C(=O)CSc2nc3ccccc3c(=O)n2Cc2ccccc2)cc1. The predicted molar refractivity (Wildman–Crippen MR) is 132 cm³/mol. The van der Waals surface area contributed by atoms with E-state index in [4.69, 9.17) is 4.98 Å². The van der Waals surface area contributed by atoms with E-state index in [9.17, 15) is 9.59 Å². The summed E-state index contributed by atoms with van der Waals surface area (Å²) in [6.45, 7) is 6.86. The van der Waals surface area contributed by atoms with Gasteiger partial charge >= 0.3 is 0 Å². The van der Waals surface area contributed by atoms with E-state index in [-0.39, 0.29) is 22.5 Å². The van der Waals surface area contributed by atoms with E-state index in [0.717, 1.165) is 5.56 Å². The number of Topliss-reactive ketones (excluding diaryl/α,β-unsaturated/α-hetero) is 1. The van der Waals surface area contributed by atoms with Gasteiger partial charge in [-0.15, -0.1) is 0 Å². The third kappa shape index (κ3) is 4.83. The van der Waals surface area contributed by atoms with Gasteiger partial charge in [0, 0.05) is 5.56 Å². The molecule has 4 nitrogen and oxygen atoms in total. The maximum atomic E-state index is 13.2. The molecule has 3 aromatic carbocycles. The van der Waals surface area contributed by atoms with Crippen LogP contribution in [0, 0.1) is 0 Å². The average Bonchev–Trinajstić information content (AvgIpc) is 2.80. The second kappa shape index (κ2) is 9.13. The molecule has 0 N–H and O–H groups in total. The number of para-hydroxylation sites is 1. The Balaban J connectivity index is 1.62. The van der Waals surface area contributed by atoms with Crippen LogP contribution in [0.1, 0.15) is 42.3 Å². The van der Waals surface area contributed by atoms with Crippen LogP contribution in [-0.2, 0) is 12.0 Å². The van der Waals surface area contributed by atoms with Gasteiger partial charge in [0.1, 0.15) is 0 Å². The minimum absolute atomic E-state index is 0.0177. The molecule has 0 saturated heterocycles. The van der Waals surface area contributed by atoms with Gasteiger partial charge in [-0.2, -0.15) is 0 Å². The molecule has 162 valence electrons. The molecule has 32 heavy (non-hydrogen) atoms. The Labute approximate surface area is 192 Å². The summed E-state index contributed by atoms with van der Waals surface area (Å²) in [6.07, 6.45) is 0. The monoisotopic (exact) mass is 442 g/mol. The van der Waals surface area contributed by atoms with Gasteiger partial charge in [0.05, 0.1) is 23.2 Å². The van der Waals surface area contributed by atoms with Crippen LogP contribution >= 0.6 is 11.8 Å². The zero-order valence-corrected chi connectivity index (χ0v) is 19.4. The number of nitrogens with zero attached hydrogens (tertiary/aromatic N) is 2. The van der Waals surface area contributed by atoms with Gasteiger partial charge in [-0.05, 0) is 28.7 Å². The van der Waals surface area contributed by atoms with Crippen molar-refractivity contribution in [3.63, 3.8) is 0 Å².